The molecular weight excluding hydrogens is 162 g/mol. The Morgan fingerprint density at radius 1 is 1.23 bits per heavy atom. The van der Waals surface area contributed by atoms with Crippen molar-refractivity contribution < 1.29 is 4.74 Å². The second kappa shape index (κ2) is 4.25. The molecule has 0 aromatic carbocycles. The first-order valence-corrected chi connectivity index (χ1v) is 5.38. The minimum atomic E-state index is 0.420. The molecule has 1 unspecified atom stereocenters. The fourth-order valence-corrected chi connectivity index (χ4v) is 2.31. The van der Waals surface area contributed by atoms with E-state index in [2.05, 4.69) is 6.08 Å². The van der Waals surface area contributed by atoms with Crippen molar-refractivity contribution in [3.8, 4) is 0 Å². The van der Waals surface area contributed by atoms with Gasteiger partial charge < -0.3 is 10.5 Å². The van der Waals surface area contributed by atoms with Crippen LogP contribution in [0.2, 0.25) is 0 Å². The average Bonchev–Trinajstić information content (AvgIpc) is 2.20. The smallest absolute Gasteiger partial charge is 0.0471 e. The molecule has 2 heteroatoms. The van der Waals surface area contributed by atoms with E-state index in [1.54, 1.807) is 5.57 Å². The maximum Gasteiger partial charge on any atom is 0.0471 e. The molecule has 0 spiro atoms. The third kappa shape index (κ3) is 2.32. The van der Waals surface area contributed by atoms with E-state index in [-0.39, 0.29) is 0 Å². The predicted molar refractivity (Wildman–Crippen MR) is 53.5 cm³/mol. The van der Waals surface area contributed by atoms with Crippen molar-refractivity contribution in [1.82, 2.24) is 0 Å². The molecule has 1 heterocycles. The molecular formula is C11H19NO. The summed E-state index contributed by atoms with van der Waals surface area (Å²) >= 11 is 0. The Morgan fingerprint density at radius 3 is 2.62 bits per heavy atom. The quantitative estimate of drug-likeness (QED) is 0.627. The van der Waals surface area contributed by atoms with Crippen molar-refractivity contribution in [3.05, 3.63) is 11.6 Å². The zero-order chi connectivity index (χ0) is 9.10. The van der Waals surface area contributed by atoms with Gasteiger partial charge in [0.15, 0.2) is 0 Å². The second-order valence-electron chi connectivity index (χ2n) is 4.20. The van der Waals surface area contributed by atoms with E-state index in [4.69, 9.17) is 10.5 Å². The molecule has 74 valence electrons. The van der Waals surface area contributed by atoms with Gasteiger partial charge in [-0.25, -0.2) is 0 Å². The largest absolute Gasteiger partial charge is 0.381 e. The Bertz CT molecular complexity index is 194. The molecule has 1 saturated heterocycles. The molecule has 2 N–H and O–H groups in total. The number of hydrogen-bond acceptors (Lipinski definition) is 2. The van der Waals surface area contributed by atoms with Crippen LogP contribution in [-0.4, -0.2) is 19.3 Å². The number of rotatable bonds is 1. The van der Waals surface area contributed by atoms with Crippen molar-refractivity contribution in [2.75, 3.05) is 13.2 Å². The minimum absolute atomic E-state index is 0.420. The Kier molecular flexibility index (Phi) is 3.01. The van der Waals surface area contributed by atoms with Crippen LogP contribution in [0.15, 0.2) is 11.6 Å². The number of allylic oxidation sites excluding steroid dienone is 1. The molecule has 1 atom stereocenters. The summed E-state index contributed by atoms with van der Waals surface area (Å²) in [6.07, 6.45) is 8.33. The van der Waals surface area contributed by atoms with Gasteiger partial charge in [0.05, 0.1) is 0 Å². The Hall–Kier alpha value is -0.340. The molecule has 0 aromatic heterocycles. The lowest BCUT2D eigenvalue weighted by Gasteiger charge is -2.28. The van der Waals surface area contributed by atoms with E-state index >= 15 is 0 Å². The summed E-state index contributed by atoms with van der Waals surface area (Å²) in [5.74, 6) is 0.807. The molecule has 1 aliphatic heterocycles. The van der Waals surface area contributed by atoms with Crippen LogP contribution in [0.25, 0.3) is 0 Å². The highest BCUT2D eigenvalue weighted by Crippen LogP contribution is 2.30. The zero-order valence-corrected chi connectivity index (χ0v) is 8.17. The molecule has 2 rings (SSSR count). The highest BCUT2D eigenvalue weighted by Gasteiger charge is 2.20. The molecule has 2 aliphatic rings. The van der Waals surface area contributed by atoms with Gasteiger partial charge in [-0.15, -0.1) is 0 Å². The van der Waals surface area contributed by atoms with E-state index < -0.39 is 0 Å². The third-order valence-corrected chi connectivity index (χ3v) is 3.23. The van der Waals surface area contributed by atoms with Crippen LogP contribution in [0.4, 0.5) is 0 Å². The van der Waals surface area contributed by atoms with Crippen LogP contribution in [0, 0.1) is 5.92 Å². The lowest BCUT2D eigenvalue weighted by atomic mass is 9.83. The van der Waals surface area contributed by atoms with Crippen LogP contribution in [-0.2, 0) is 4.74 Å². The maximum atomic E-state index is 5.86. The highest BCUT2D eigenvalue weighted by atomic mass is 16.5. The molecule has 2 nitrogen and oxygen atoms in total. The van der Waals surface area contributed by atoms with Gasteiger partial charge in [0.1, 0.15) is 0 Å². The van der Waals surface area contributed by atoms with Crippen molar-refractivity contribution in [2.24, 2.45) is 11.7 Å². The molecule has 0 saturated carbocycles. The van der Waals surface area contributed by atoms with Crippen LogP contribution in [0.3, 0.4) is 0 Å². The zero-order valence-electron chi connectivity index (χ0n) is 8.17. The predicted octanol–water partition coefficient (Wildman–Crippen LogP) is 1.85. The van der Waals surface area contributed by atoms with Crippen LogP contribution >= 0.6 is 0 Å². The molecule has 1 fully saturated rings. The first kappa shape index (κ1) is 9.22. The SMILES string of the molecule is NC1CC=C(C2CCOCC2)CC1. The van der Waals surface area contributed by atoms with Crippen LogP contribution < -0.4 is 5.73 Å². The summed E-state index contributed by atoms with van der Waals surface area (Å²) in [5.41, 5.74) is 7.51. The van der Waals surface area contributed by atoms with Crippen LogP contribution in [0.5, 0.6) is 0 Å². The first-order valence-electron chi connectivity index (χ1n) is 5.38. The maximum absolute atomic E-state index is 5.86. The number of hydrogen-bond donors (Lipinski definition) is 1. The lowest BCUT2D eigenvalue weighted by Crippen LogP contribution is -2.25. The van der Waals surface area contributed by atoms with E-state index in [0.29, 0.717) is 6.04 Å². The molecule has 0 radical (unpaired) electrons. The van der Waals surface area contributed by atoms with Crippen molar-refractivity contribution in [2.45, 2.75) is 38.1 Å². The number of ether oxygens (including phenoxy) is 1. The Balaban J connectivity index is 1.92. The van der Waals surface area contributed by atoms with Gasteiger partial charge in [-0.1, -0.05) is 11.6 Å². The van der Waals surface area contributed by atoms with Gasteiger partial charge >= 0.3 is 0 Å². The standard InChI is InChI=1S/C11H19NO/c12-11-3-1-9(2-4-11)10-5-7-13-8-6-10/h1,10-11H,2-8,12H2. The van der Waals surface area contributed by atoms with Gasteiger partial charge in [-0.3, -0.25) is 0 Å². The van der Waals surface area contributed by atoms with Crippen molar-refractivity contribution in [1.29, 1.82) is 0 Å². The van der Waals surface area contributed by atoms with Gasteiger partial charge in [-0.2, -0.15) is 0 Å². The molecule has 1 aliphatic carbocycles. The summed E-state index contributed by atoms with van der Waals surface area (Å²) in [6, 6.07) is 0.420. The van der Waals surface area contributed by atoms with Crippen molar-refractivity contribution in [3.63, 3.8) is 0 Å². The third-order valence-electron chi connectivity index (χ3n) is 3.23. The van der Waals surface area contributed by atoms with E-state index in [9.17, 15) is 0 Å². The normalized spacial score (nSPS) is 31.5. The van der Waals surface area contributed by atoms with Gasteiger partial charge in [0, 0.05) is 19.3 Å². The topological polar surface area (TPSA) is 35.2 Å². The van der Waals surface area contributed by atoms with Crippen molar-refractivity contribution >= 4 is 0 Å². The van der Waals surface area contributed by atoms with Gasteiger partial charge in [0.25, 0.3) is 0 Å². The highest BCUT2D eigenvalue weighted by molar-refractivity contribution is 5.11. The Labute approximate surface area is 80.1 Å². The summed E-state index contributed by atoms with van der Waals surface area (Å²) in [7, 11) is 0. The second-order valence-corrected chi connectivity index (χ2v) is 4.20. The molecule has 0 aromatic rings. The summed E-state index contributed by atoms with van der Waals surface area (Å²) in [6.45, 7) is 1.90. The average molecular weight is 181 g/mol. The van der Waals surface area contributed by atoms with E-state index in [1.807, 2.05) is 0 Å². The van der Waals surface area contributed by atoms with Crippen LogP contribution in [0.1, 0.15) is 32.1 Å². The Morgan fingerprint density at radius 2 is 2.00 bits per heavy atom. The summed E-state index contributed by atoms with van der Waals surface area (Å²) < 4.78 is 5.36. The monoisotopic (exact) mass is 181 g/mol. The van der Waals surface area contributed by atoms with Gasteiger partial charge in [-0.05, 0) is 38.0 Å². The fourth-order valence-electron chi connectivity index (χ4n) is 2.31. The fraction of sp³-hybridized carbons (Fsp3) is 0.818. The number of nitrogens with two attached hydrogens (primary N) is 1. The lowest BCUT2D eigenvalue weighted by molar-refractivity contribution is 0.0744. The molecule has 0 bridgehead atoms. The first-order chi connectivity index (χ1) is 6.36. The minimum Gasteiger partial charge on any atom is -0.381 e. The summed E-state index contributed by atoms with van der Waals surface area (Å²) in [5, 5.41) is 0. The van der Waals surface area contributed by atoms with E-state index in [1.165, 1.54) is 25.7 Å². The molecule has 0 amide bonds. The summed E-state index contributed by atoms with van der Waals surface area (Å²) in [4.78, 5) is 0. The molecule has 13 heavy (non-hydrogen) atoms. The van der Waals surface area contributed by atoms with E-state index in [0.717, 1.165) is 25.6 Å². The van der Waals surface area contributed by atoms with Gasteiger partial charge in [0.2, 0.25) is 0 Å².